The summed E-state index contributed by atoms with van der Waals surface area (Å²) in [5.41, 5.74) is 1.38. The van der Waals surface area contributed by atoms with E-state index in [9.17, 15) is 4.79 Å². The standard InChI is InChI=1S/C13H21BrN4O2/c1-9(8-18-4-6-20-7-5-18)15-13(19)12-11(14)10(2)17(3)16-12/h9H,4-8H2,1-3H3,(H,15,19)/t9-/m0/s1. The van der Waals surface area contributed by atoms with Crippen molar-refractivity contribution in [2.75, 3.05) is 32.8 Å². The maximum Gasteiger partial charge on any atom is 0.273 e. The second kappa shape index (κ2) is 6.69. The summed E-state index contributed by atoms with van der Waals surface area (Å²) in [4.78, 5) is 14.5. The van der Waals surface area contributed by atoms with Gasteiger partial charge >= 0.3 is 0 Å². The number of rotatable bonds is 4. The van der Waals surface area contributed by atoms with E-state index in [0.717, 1.165) is 43.0 Å². The van der Waals surface area contributed by atoms with E-state index in [1.807, 2.05) is 20.9 Å². The summed E-state index contributed by atoms with van der Waals surface area (Å²) in [5.74, 6) is -0.138. The van der Waals surface area contributed by atoms with E-state index in [2.05, 4.69) is 31.2 Å². The number of ether oxygens (including phenoxy) is 1. The summed E-state index contributed by atoms with van der Waals surface area (Å²) in [7, 11) is 1.83. The van der Waals surface area contributed by atoms with Gasteiger partial charge < -0.3 is 10.1 Å². The van der Waals surface area contributed by atoms with Crippen LogP contribution >= 0.6 is 15.9 Å². The Hall–Kier alpha value is -0.920. The van der Waals surface area contributed by atoms with Gasteiger partial charge in [-0.3, -0.25) is 14.4 Å². The number of morpholine rings is 1. The van der Waals surface area contributed by atoms with Gasteiger partial charge in [0.25, 0.3) is 5.91 Å². The number of amides is 1. The fraction of sp³-hybridized carbons (Fsp3) is 0.692. The van der Waals surface area contributed by atoms with E-state index < -0.39 is 0 Å². The number of hydrogen-bond donors (Lipinski definition) is 1. The zero-order chi connectivity index (χ0) is 14.7. The van der Waals surface area contributed by atoms with Crippen LogP contribution in [0.1, 0.15) is 23.1 Å². The summed E-state index contributed by atoms with van der Waals surface area (Å²) in [5, 5.41) is 7.23. The summed E-state index contributed by atoms with van der Waals surface area (Å²) in [6.45, 7) is 8.15. The van der Waals surface area contributed by atoms with E-state index in [4.69, 9.17) is 4.74 Å². The quantitative estimate of drug-likeness (QED) is 0.883. The zero-order valence-corrected chi connectivity index (χ0v) is 13.7. The van der Waals surface area contributed by atoms with E-state index in [0.29, 0.717) is 5.69 Å². The molecular weight excluding hydrogens is 324 g/mol. The maximum absolute atomic E-state index is 12.2. The minimum atomic E-state index is -0.138. The molecule has 1 aliphatic heterocycles. The molecule has 6 nitrogen and oxygen atoms in total. The van der Waals surface area contributed by atoms with Crippen LogP contribution in [-0.2, 0) is 11.8 Å². The average Bonchev–Trinajstić information content (AvgIpc) is 2.67. The summed E-state index contributed by atoms with van der Waals surface area (Å²) < 4.78 is 7.78. The van der Waals surface area contributed by atoms with Crippen molar-refractivity contribution in [1.29, 1.82) is 0 Å². The molecular formula is C13H21BrN4O2. The van der Waals surface area contributed by atoms with Gasteiger partial charge in [0.15, 0.2) is 5.69 Å². The van der Waals surface area contributed by atoms with Crippen LogP contribution in [0.4, 0.5) is 0 Å². The molecule has 0 aromatic carbocycles. The first-order chi connectivity index (χ1) is 9.49. The Kier molecular flexibility index (Phi) is 5.17. The summed E-state index contributed by atoms with van der Waals surface area (Å²) in [6.07, 6.45) is 0. The monoisotopic (exact) mass is 344 g/mol. The van der Waals surface area contributed by atoms with Gasteiger partial charge in [-0.25, -0.2) is 0 Å². The topological polar surface area (TPSA) is 59.4 Å². The molecule has 1 aromatic rings. The number of aromatic nitrogens is 2. The van der Waals surface area contributed by atoms with E-state index in [-0.39, 0.29) is 11.9 Å². The molecule has 1 atom stereocenters. The van der Waals surface area contributed by atoms with Crippen molar-refractivity contribution in [1.82, 2.24) is 20.0 Å². The molecule has 2 heterocycles. The van der Waals surface area contributed by atoms with Crippen LogP contribution in [0.25, 0.3) is 0 Å². The molecule has 1 fully saturated rings. The highest BCUT2D eigenvalue weighted by Gasteiger charge is 2.20. The third kappa shape index (κ3) is 3.59. The maximum atomic E-state index is 12.2. The number of aryl methyl sites for hydroxylation is 1. The molecule has 7 heteroatoms. The van der Waals surface area contributed by atoms with Crippen molar-refractivity contribution in [2.24, 2.45) is 7.05 Å². The van der Waals surface area contributed by atoms with E-state index in [1.54, 1.807) is 4.68 Å². The number of hydrogen-bond acceptors (Lipinski definition) is 4. The van der Waals surface area contributed by atoms with Gasteiger partial charge in [-0.05, 0) is 29.8 Å². The zero-order valence-electron chi connectivity index (χ0n) is 12.1. The third-order valence-electron chi connectivity index (χ3n) is 3.49. The molecule has 1 saturated heterocycles. The van der Waals surface area contributed by atoms with Crippen molar-refractivity contribution >= 4 is 21.8 Å². The second-order valence-corrected chi connectivity index (χ2v) is 5.95. The smallest absolute Gasteiger partial charge is 0.273 e. The van der Waals surface area contributed by atoms with Crippen molar-refractivity contribution < 1.29 is 9.53 Å². The van der Waals surface area contributed by atoms with Crippen LogP contribution in [0.2, 0.25) is 0 Å². The molecule has 1 aromatic heterocycles. The largest absolute Gasteiger partial charge is 0.379 e. The predicted molar refractivity (Wildman–Crippen MR) is 79.8 cm³/mol. The Labute approximate surface area is 127 Å². The van der Waals surface area contributed by atoms with Crippen LogP contribution < -0.4 is 5.32 Å². The van der Waals surface area contributed by atoms with Crippen LogP contribution in [0.3, 0.4) is 0 Å². The van der Waals surface area contributed by atoms with Gasteiger partial charge in [0, 0.05) is 32.7 Å². The number of carbonyl (C=O) groups is 1. The Balaban J connectivity index is 1.91. The van der Waals surface area contributed by atoms with Gasteiger partial charge in [-0.15, -0.1) is 0 Å². The molecule has 0 radical (unpaired) electrons. The van der Waals surface area contributed by atoms with E-state index >= 15 is 0 Å². The minimum absolute atomic E-state index is 0.0785. The summed E-state index contributed by atoms with van der Waals surface area (Å²) in [6, 6.07) is 0.0785. The molecule has 2 rings (SSSR count). The third-order valence-corrected chi connectivity index (χ3v) is 4.44. The number of halogens is 1. The number of nitrogens with one attached hydrogen (secondary N) is 1. The average molecular weight is 345 g/mol. The number of nitrogens with zero attached hydrogens (tertiary/aromatic N) is 3. The SMILES string of the molecule is Cc1c(Br)c(C(=O)N[C@@H](C)CN2CCOCC2)nn1C. The van der Waals surface area contributed by atoms with Crippen molar-refractivity contribution in [3.63, 3.8) is 0 Å². The lowest BCUT2D eigenvalue weighted by Crippen LogP contribution is -2.46. The van der Waals surface area contributed by atoms with Crippen LogP contribution in [0.15, 0.2) is 4.47 Å². The summed E-state index contributed by atoms with van der Waals surface area (Å²) >= 11 is 3.42. The Morgan fingerprint density at radius 3 is 2.70 bits per heavy atom. The lowest BCUT2D eigenvalue weighted by molar-refractivity contribution is 0.0342. The fourth-order valence-corrected chi connectivity index (χ4v) is 2.75. The van der Waals surface area contributed by atoms with Crippen LogP contribution in [0, 0.1) is 6.92 Å². The Morgan fingerprint density at radius 2 is 2.15 bits per heavy atom. The van der Waals surface area contributed by atoms with Crippen LogP contribution in [-0.4, -0.2) is 59.5 Å². The van der Waals surface area contributed by atoms with Crippen LogP contribution in [0.5, 0.6) is 0 Å². The first-order valence-corrected chi connectivity index (χ1v) is 7.58. The molecule has 0 aliphatic carbocycles. The molecule has 1 amide bonds. The molecule has 0 saturated carbocycles. The Bertz CT molecular complexity index is 483. The molecule has 0 spiro atoms. The van der Waals surface area contributed by atoms with Crippen molar-refractivity contribution in [3.05, 3.63) is 15.9 Å². The van der Waals surface area contributed by atoms with Gasteiger partial charge in [0.1, 0.15) is 0 Å². The molecule has 0 unspecified atom stereocenters. The molecule has 20 heavy (non-hydrogen) atoms. The lowest BCUT2D eigenvalue weighted by Gasteiger charge is -2.29. The van der Waals surface area contributed by atoms with Gasteiger partial charge in [-0.2, -0.15) is 5.10 Å². The van der Waals surface area contributed by atoms with Crippen molar-refractivity contribution in [2.45, 2.75) is 19.9 Å². The number of carbonyl (C=O) groups excluding carboxylic acids is 1. The normalized spacial score (nSPS) is 18.0. The first kappa shape index (κ1) is 15.5. The second-order valence-electron chi connectivity index (χ2n) is 5.16. The molecule has 1 aliphatic rings. The first-order valence-electron chi connectivity index (χ1n) is 6.79. The highest BCUT2D eigenvalue weighted by molar-refractivity contribution is 9.10. The minimum Gasteiger partial charge on any atom is -0.379 e. The molecule has 1 N–H and O–H groups in total. The van der Waals surface area contributed by atoms with E-state index in [1.165, 1.54) is 0 Å². The fourth-order valence-electron chi connectivity index (χ4n) is 2.24. The van der Waals surface area contributed by atoms with Gasteiger partial charge in [0.05, 0.1) is 23.4 Å². The highest BCUT2D eigenvalue weighted by Crippen LogP contribution is 2.19. The molecule has 0 bridgehead atoms. The van der Waals surface area contributed by atoms with Gasteiger partial charge in [-0.1, -0.05) is 0 Å². The lowest BCUT2D eigenvalue weighted by atomic mass is 10.2. The predicted octanol–water partition coefficient (Wildman–Crippen LogP) is 0.942. The van der Waals surface area contributed by atoms with Gasteiger partial charge in [0.2, 0.25) is 0 Å². The molecule has 112 valence electrons. The Morgan fingerprint density at radius 1 is 1.50 bits per heavy atom. The highest BCUT2D eigenvalue weighted by atomic mass is 79.9. The van der Waals surface area contributed by atoms with Crippen molar-refractivity contribution in [3.8, 4) is 0 Å².